The summed E-state index contributed by atoms with van der Waals surface area (Å²) in [6, 6.07) is 0. The minimum Gasteiger partial charge on any atom is -0.349 e. The van der Waals surface area contributed by atoms with Gasteiger partial charge in [0.25, 0.3) is 0 Å². The van der Waals surface area contributed by atoms with Crippen molar-refractivity contribution in [3.05, 3.63) is 11.1 Å². The molecule has 4 nitrogen and oxygen atoms in total. The molecule has 1 aliphatic rings. The summed E-state index contributed by atoms with van der Waals surface area (Å²) in [6.45, 7) is 12.8. The maximum absolute atomic E-state index is 5.86. The standard InChI is InChI=1S/C14H26N4S.ClH/c1-4-18(5-2)13-16-8-12(19-13)9-17-7-6-14(3,10-15)11-17;/h8H,4-7,9-11,15H2,1-3H3;1H. The molecule has 1 fully saturated rings. The van der Waals surface area contributed by atoms with E-state index in [1.54, 1.807) is 0 Å². The van der Waals surface area contributed by atoms with Gasteiger partial charge in [-0.25, -0.2) is 4.98 Å². The van der Waals surface area contributed by atoms with Crippen LogP contribution >= 0.6 is 23.7 Å². The molecule has 6 heteroatoms. The third kappa shape index (κ3) is 4.07. The second-order valence-electron chi connectivity index (χ2n) is 5.76. The van der Waals surface area contributed by atoms with E-state index in [9.17, 15) is 0 Å². The largest absolute Gasteiger partial charge is 0.349 e. The summed E-state index contributed by atoms with van der Waals surface area (Å²) < 4.78 is 0. The van der Waals surface area contributed by atoms with Crippen molar-refractivity contribution in [3.8, 4) is 0 Å². The van der Waals surface area contributed by atoms with Gasteiger partial charge in [0, 0.05) is 37.3 Å². The molecule has 1 aromatic heterocycles. The van der Waals surface area contributed by atoms with Gasteiger partial charge in [0.05, 0.1) is 0 Å². The lowest BCUT2D eigenvalue weighted by atomic mass is 9.90. The Morgan fingerprint density at radius 2 is 2.15 bits per heavy atom. The Morgan fingerprint density at radius 1 is 1.45 bits per heavy atom. The molecule has 0 aliphatic carbocycles. The van der Waals surface area contributed by atoms with E-state index in [1.165, 1.54) is 11.3 Å². The van der Waals surface area contributed by atoms with Crippen molar-refractivity contribution in [3.63, 3.8) is 0 Å². The van der Waals surface area contributed by atoms with Crippen LogP contribution in [0.3, 0.4) is 0 Å². The van der Waals surface area contributed by atoms with Crippen LogP contribution < -0.4 is 10.6 Å². The molecule has 0 saturated carbocycles. The van der Waals surface area contributed by atoms with Crippen LogP contribution in [0.4, 0.5) is 5.13 Å². The van der Waals surface area contributed by atoms with Crippen molar-refractivity contribution >= 4 is 28.9 Å². The zero-order chi connectivity index (χ0) is 13.9. The molecule has 1 unspecified atom stereocenters. The average molecular weight is 319 g/mol. The molecule has 0 bridgehead atoms. The second kappa shape index (κ2) is 7.59. The van der Waals surface area contributed by atoms with E-state index in [4.69, 9.17) is 5.73 Å². The number of nitrogens with two attached hydrogens (primary N) is 1. The normalized spacial score (nSPS) is 22.8. The Bertz CT molecular complexity index is 408. The van der Waals surface area contributed by atoms with Gasteiger partial charge in [-0.1, -0.05) is 6.92 Å². The van der Waals surface area contributed by atoms with E-state index in [1.807, 2.05) is 17.5 Å². The molecule has 1 saturated heterocycles. The molecule has 2 heterocycles. The lowest BCUT2D eigenvalue weighted by molar-refractivity contribution is 0.276. The first-order valence-electron chi connectivity index (χ1n) is 7.22. The minimum atomic E-state index is 0. The average Bonchev–Trinajstić information content (AvgIpc) is 3.00. The van der Waals surface area contributed by atoms with E-state index in [2.05, 4.69) is 35.6 Å². The minimum absolute atomic E-state index is 0. The van der Waals surface area contributed by atoms with Gasteiger partial charge in [0.15, 0.2) is 5.13 Å². The van der Waals surface area contributed by atoms with Crippen LogP contribution in [-0.4, -0.2) is 42.6 Å². The molecule has 1 atom stereocenters. The van der Waals surface area contributed by atoms with Crippen molar-refractivity contribution < 1.29 is 0 Å². The fourth-order valence-electron chi connectivity index (χ4n) is 2.66. The van der Waals surface area contributed by atoms with Gasteiger partial charge in [-0.05, 0) is 38.8 Å². The quantitative estimate of drug-likeness (QED) is 0.875. The van der Waals surface area contributed by atoms with Gasteiger partial charge >= 0.3 is 0 Å². The summed E-state index contributed by atoms with van der Waals surface area (Å²) in [5.74, 6) is 0. The van der Waals surface area contributed by atoms with Gasteiger partial charge in [0.2, 0.25) is 0 Å². The summed E-state index contributed by atoms with van der Waals surface area (Å²) >= 11 is 1.83. The van der Waals surface area contributed by atoms with Crippen LogP contribution in [0.1, 0.15) is 32.1 Å². The predicted octanol–water partition coefficient (Wildman–Crippen LogP) is 2.58. The number of likely N-dealkylation sites (tertiary alicyclic amines) is 1. The van der Waals surface area contributed by atoms with Crippen molar-refractivity contribution in [1.82, 2.24) is 9.88 Å². The zero-order valence-electron chi connectivity index (χ0n) is 12.8. The van der Waals surface area contributed by atoms with Crippen molar-refractivity contribution in [2.24, 2.45) is 11.1 Å². The third-order valence-electron chi connectivity index (χ3n) is 4.08. The van der Waals surface area contributed by atoms with E-state index in [-0.39, 0.29) is 12.4 Å². The Hall–Kier alpha value is -0.360. The van der Waals surface area contributed by atoms with Crippen LogP contribution in [0.25, 0.3) is 0 Å². The molecule has 116 valence electrons. The van der Waals surface area contributed by atoms with Crippen LogP contribution in [0.15, 0.2) is 6.20 Å². The van der Waals surface area contributed by atoms with Crippen LogP contribution in [0, 0.1) is 5.41 Å². The number of rotatable bonds is 6. The van der Waals surface area contributed by atoms with Crippen molar-refractivity contribution in [2.75, 3.05) is 37.6 Å². The maximum Gasteiger partial charge on any atom is 0.185 e. The summed E-state index contributed by atoms with van der Waals surface area (Å²) in [5.41, 5.74) is 6.17. The lowest BCUT2D eigenvalue weighted by Crippen LogP contribution is -2.30. The number of halogens is 1. The second-order valence-corrected chi connectivity index (χ2v) is 6.85. The SMILES string of the molecule is CCN(CC)c1ncc(CN2CCC(C)(CN)C2)s1.Cl. The highest BCUT2D eigenvalue weighted by atomic mass is 35.5. The van der Waals surface area contributed by atoms with E-state index >= 15 is 0 Å². The fourth-order valence-corrected chi connectivity index (χ4v) is 3.74. The lowest BCUT2D eigenvalue weighted by Gasteiger charge is -2.22. The van der Waals surface area contributed by atoms with Gasteiger partial charge < -0.3 is 10.6 Å². The van der Waals surface area contributed by atoms with Crippen molar-refractivity contribution in [2.45, 2.75) is 33.7 Å². The number of nitrogens with zero attached hydrogens (tertiary/aromatic N) is 3. The zero-order valence-corrected chi connectivity index (χ0v) is 14.4. The first-order chi connectivity index (χ1) is 9.10. The van der Waals surface area contributed by atoms with Gasteiger partial charge in [-0.3, -0.25) is 4.90 Å². The molecular weight excluding hydrogens is 292 g/mol. The number of anilines is 1. The number of thiazole rings is 1. The van der Waals surface area contributed by atoms with E-state index in [0.29, 0.717) is 5.41 Å². The maximum atomic E-state index is 5.86. The van der Waals surface area contributed by atoms with Gasteiger partial charge in [-0.15, -0.1) is 23.7 Å². The monoisotopic (exact) mass is 318 g/mol. The van der Waals surface area contributed by atoms with E-state index in [0.717, 1.165) is 44.4 Å². The first kappa shape index (κ1) is 17.7. The fraction of sp³-hybridized carbons (Fsp3) is 0.786. The highest BCUT2D eigenvalue weighted by Gasteiger charge is 2.32. The molecule has 1 aliphatic heterocycles. The van der Waals surface area contributed by atoms with Crippen LogP contribution in [0.2, 0.25) is 0 Å². The molecular formula is C14H27ClN4S. The molecule has 0 amide bonds. The smallest absolute Gasteiger partial charge is 0.185 e. The topological polar surface area (TPSA) is 45.4 Å². The summed E-state index contributed by atoms with van der Waals surface area (Å²) in [5, 5.41) is 1.15. The summed E-state index contributed by atoms with van der Waals surface area (Å²) in [4.78, 5) is 10.7. The summed E-state index contributed by atoms with van der Waals surface area (Å²) in [7, 11) is 0. The van der Waals surface area contributed by atoms with E-state index < -0.39 is 0 Å². The highest BCUT2D eigenvalue weighted by molar-refractivity contribution is 7.15. The number of hydrogen-bond acceptors (Lipinski definition) is 5. The molecule has 0 spiro atoms. The Kier molecular flexibility index (Phi) is 6.72. The number of hydrogen-bond donors (Lipinski definition) is 1. The van der Waals surface area contributed by atoms with Crippen LogP contribution in [-0.2, 0) is 6.54 Å². The Balaban J connectivity index is 0.00000200. The molecule has 0 radical (unpaired) electrons. The summed E-state index contributed by atoms with van der Waals surface area (Å²) in [6.07, 6.45) is 3.25. The van der Waals surface area contributed by atoms with Crippen LogP contribution in [0.5, 0.6) is 0 Å². The first-order valence-corrected chi connectivity index (χ1v) is 8.04. The van der Waals surface area contributed by atoms with Crippen molar-refractivity contribution in [1.29, 1.82) is 0 Å². The Morgan fingerprint density at radius 3 is 2.70 bits per heavy atom. The molecule has 20 heavy (non-hydrogen) atoms. The Labute approximate surface area is 132 Å². The molecule has 2 rings (SSSR count). The highest BCUT2D eigenvalue weighted by Crippen LogP contribution is 2.31. The molecule has 1 aromatic rings. The third-order valence-corrected chi connectivity index (χ3v) is 5.13. The molecule has 0 aromatic carbocycles. The van der Waals surface area contributed by atoms with Gasteiger partial charge in [-0.2, -0.15) is 0 Å². The van der Waals surface area contributed by atoms with Gasteiger partial charge in [0.1, 0.15) is 0 Å². The number of aromatic nitrogens is 1. The molecule has 2 N–H and O–H groups in total. The predicted molar refractivity (Wildman–Crippen MR) is 90.0 cm³/mol.